The molecule has 0 atom stereocenters. The monoisotopic (exact) mass is 244 g/mol. The number of nitrogens with two attached hydrogens (primary N) is 1. The Hall–Kier alpha value is -1.77. The van der Waals surface area contributed by atoms with Crippen molar-refractivity contribution in [3.05, 3.63) is 30.5 Å². The molecule has 3 nitrogen and oxygen atoms in total. The number of fused-ring (bicyclic) bond motifs is 1. The highest BCUT2D eigenvalue weighted by atomic mass is 16.5. The number of nitrogens with zero attached hydrogens (tertiary/aromatic N) is 1. The lowest BCUT2D eigenvalue weighted by atomic mass is 9.93. The van der Waals surface area contributed by atoms with E-state index in [4.69, 9.17) is 10.5 Å². The molecule has 0 aliphatic carbocycles. The molecule has 0 aliphatic rings. The predicted octanol–water partition coefficient (Wildman–Crippen LogP) is 3.63. The summed E-state index contributed by atoms with van der Waals surface area (Å²) in [4.78, 5) is 4.30. The summed E-state index contributed by atoms with van der Waals surface area (Å²) in [7, 11) is 0. The Bertz CT molecular complexity index is 544. The SMILES string of the molecule is CC(C)(C)CCOc1ccnc2cc(N)ccc12. The van der Waals surface area contributed by atoms with E-state index in [0.717, 1.165) is 28.8 Å². The summed E-state index contributed by atoms with van der Waals surface area (Å²) >= 11 is 0. The van der Waals surface area contributed by atoms with Crippen LogP contribution in [0.3, 0.4) is 0 Å². The Balaban J connectivity index is 2.18. The minimum atomic E-state index is 0.285. The molecule has 2 rings (SSSR count). The highest BCUT2D eigenvalue weighted by molar-refractivity contribution is 5.87. The molecular formula is C15H20N2O. The zero-order valence-corrected chi connectivity index (χ0v) is 11.2. The van der Waals surface area contributed by atoms with Gasteiger partial charge >= 0.3 is 0 Å². The van der Waals surface area contributed by atoms with E-state index in [-0.39, 0.29) is 5.41 Å². The van der Waals surface area contributed by atoms with E-state index in [1.165, 1.54) is 0 Å². The van der Waals surface area contributed by atoms with E-state index in [1.807, 2.05) is 24.3 Å². The van der Waals surface area contributed by atoms with E-state index in [0.29, 0.717) is 6.61 Å². The molecule has 0 aliphatic heterocycles. The molecule has 1 aromatic heterocycles. The van der Waals surface area contributed by atoms with Gasteiger partial charge in [0.25, 0.3) is 0 Å². The zero-order valence-electron chi connectivity index (χ0n) is 11.2. The molecule has 1 aromatic carbocycles. The average molecular weight is 244 g/mol. The molecule has 0 amide bonds. The first kappa shape index (κ1) is 12.7. The van der Waals surface area contributed by atoms with Gasteiger partial charge in [-0.05, 0) is 36.1 Å². The van der Waals surface area contributed by atoms with Gasteiger partial charge in [0.05, 0.1) is 12.1 Å². The van der Waals surface area contributed by atoms with E-state index < -0.39 is 0 Å². The summed E-state index contributed by atoms with van der Waals surface area (Å²) in [6.07, 6.45) is 2.78. The summed E-state index contributed by atoms with van der Waals surface area (Å²) in [5, 5.41) is 1.01. The molecule has 0 saturated heterocycles. The lowest BCUT2D eigenvalue weighted by Gasteiger charge is -2.18. The molecule has 0 fully saturated rings. The number of benzene rings is 1. The number of nitrogen functional groups attached to an aromatic ring is 1. The molecule has 96 valence electrons. The maximum absolute atomic E-state index is 5.85. The zero-order chi connectivity index (χ0) is 13.2. The number of ether oxygens (including phenoxy) is 1. The second-order valence-corrected chi connectivity index (χ2v) is 5.74. The van der Waals surface area contributed by atoms with Gasteiger partial charge in [0.2, 0.25) is 0 Å². The van der Waals surface area contributed by atoms with Crippen LogP contribution in [0.15, 0.2) is 30.5 Å². The van der Waals surface area contributed by atoms with Gasteiger partial charge in [0, 0.05) is 17.3 Å². The summed E-state index contributed by atoms with van der Waals surface area (Å²) in [5.74, 6) is 0.879. The molecule has 1 heterocycles. The first-order chi connectivity index (χ1) is 8.46. The molecule has 3 heteroatoms. The van der Waals surface area contributed by atoms with Gasteiger partial charge in [-0.15, -0.1) is 0 Å². The number of hydrogen-bond donors (Lipinski definition) is 1. The standard InChI is InChI=1S/C15H20N2O/c1-15(2,3)7-9-18-14-6-8-17-13-10-11(16)4-5-12(13)14/h4-6,8,10H,7,9,16H2,1-3H3. The molecular weight excluding hydrogens is 224 g/mol. The molecule has 18 heavy (non-hydrogen) atoms. The average Bonchev–Trinajstić information content (AvgIpc) is 2.27. The van der Waals surface area contributed by atoms with E-state index in [9.17, 15) is 0 Å². The van der Waals surface area contributed by atoms with Crippen molar-refractivity contribution in [2.24, 2.45) is 5.41 Å². The Morgan fingerprint density at radius 1 is 1.22 bits per heavy atom. The largest absolute Gasteiger partial charge is 0.493 e. The van der Waals surface area contributed by atoms with Crippen LogP contribution in [0.1, 0.15) is 27.2 Å². The number of rotatable bonds is 3. The van der Waals surface area contributed by atoms with Crippen molar-refractivity contribution in [1.29, 1.82) is 0 Å². The molecule has 0 bridgehead atoms. The van der Waals surface area contributed by atoms with Crippen LogP contribution in [0.25, 0.3) is 10.9 Å². The Labute approximate surface area is 108 Å². The van der Waals surface area contributed by atoms with Gasteiger partial charge in [0.15, 0.2) is 0 Å². The molecule has 0 saturated carbocycles. The van der Waals surface area contributed by atoms with Gasteiger partial charge < -0.3 is 10.5 Å². The van der Waals surface area contributed by atoms with Gasteiger partial charge in [-0.25, -0.2) is 0 Å². The second-order valence-electron chi connectivity index (χ2n) is 5.74. The number of pyridine rings is 1. The molecule has 0 spiro atoms. The van der Waals surface area contributed by atoms with Gasteiger partial charge in [0.1, 0.15) is 5.75 Å². The maximum Gasteiger partial charge on any atom is 0.130 e. The third-order valence-corrected chi connectivity index (χ3v) is 2.84. The summed E-state index contributed by atoms with van der Waals surface area (Å²) in [6, 6.07) is 7.61. The smallest absolute Gasteiger partial charge is 0.130 e. The van der Waals surface area contributed by atoms with Gasteiger partial charge in [-0.1, -0.05) is 20.8 Å². The maximum atomic E-state index is 5.85. The number of aromatic nitrogens is 1. The topological polar surface area (TPSA) is 48.1 Å². The van der Waals surface area contributed by atoms with Crippen molar-refractivity contribution in [1.82, 2.24) is 4.98 Å². The quantitative estimate of drug-likeness (QED) is 0.839. The molecule has 2 aromatic rings. The Morgan fingerprint density at radius 3 is 2.72 bits per heavy atom. The molecule has 2 N–H and O–H groups in total. The molecule has 0 radical (unpaired) electrons. The first-order valence-electron chi connectivity index (χ1n) is 6.23. The second kappa shape index (κ2) is 4.84. The first-order valence-corrected chi connectivity index (χ1v) is 6.23. The van der Waals surface area contributed by atoms with Crippen LogP contribution in [0, 0.1) is 5.41 Å². The number of anilines is 1. The van der Waals surface area contributed by atoms with E-state index in [1.54, 1.807) is 6.20 Å². The fraction of sp³-hybridized carbons (Fsp3) is 0.400. The lowest BCUT2D eigenvalue weighted by molar-refractivity contribution is 0.245. The fourth-order valence-corrected chi connectivity index (χ4v) is 1.73. The normalized spacial score (nSPS) is 11.7. The third-order valence-electron chi connectivity index (χ3n) is 2.84. The van der Waals surface area contributed by atoms with E-state index >= 15 is 0 Å². The minimum Gasteiger partial charge on any atom is -0.493 e. The summed E-state index contributed by atoms with van der Waals surface area (Å²) in [5.41, 5.74) is 7.64. The molecule has 0 unspecified atom stereocenters. The minimum absolute atomic E-state index is 0.285. The van der Waals surface area contributed by atoms with Crippen LogP contribution < -0.4 is 10.5 Å². The highest BCUT2D eigenvalue weighted by Gasteiger charge is 2.10. The van der Waals surface area contributed by atoms with Gasteiger partial charge in [-0.3, -0.25) is 4.98 Å². The lowest BCUT2D eigenvalue weighted by Crippen LogP contribution is -2.11. The van der Waals surface area contributed by atoms with Crippen LogP contribution in [0.5, 0.6) is 5.75 Å². The van der Waals surface area contributed by atoms with Crippen LogP contribution in [-0.4, -0.2) is 11.6 Å². The van der Waals surface area contributed by atoms with Crippen molar-refractivity contribution in [2.75, 3.05) is 12.3 Å². The third kappa shape index (κ3) is 3.13. The summed E-state index contributed by atoms with van der Waals surface area (Å²) in [6.45, 7) is 7.35. The van der Waals surface area contributed by atoms with Crippen molar-refractivity contribution in [3.8, 4) is 5.75 Å². The summed E-state index contributed by atoms with van der Waals surface area (Å²) < 4.78 is 5.85. The van der Waals surface area contributed by atoms with Crippen molar-refractivity contribution < 1.29 is 4.74 Å². The van der Waals surface area contributed by atoms with Crippen molar-refractivity contribution >= 4 is 16.6 Å². The Kier molecular flexibility index (Phi) is 3.41. The number of hydrogen-bond acceptors (Lipinski definition) is 3. The predicted molar refractivity (Wildman–Crippen MR) is 75.7 cm³/mol. The highest BCUT2D eigenvalue weighted by Crippen LogP contribution is 2.26. The fourth-order valence-electron chi connectivity index (χ4n) is 1.73. The van der Waals surface area contributed by atoms with E-state index in [2.05, 4.69) is 25.8 Å². The van der Waals surface area contributed by atoms with Crippen LogP contribution >= 0.6 is 0 Å². The van der Waals surface area contributed by atoms with Crippen molar-refractivity contribution in [3.63, 3.8) is 0 Å². The Morgan fingerprint density at radius 2 is 2.00 bits per heavy atom. The van der Waals surface area contributed by atoms with Crippen LogP contribution in [-0.2, 0) is 0 Å². The van der Waals surface area contributed by atoms with Crippen molar-refractivity contribution in [2.45, 2.75) is 27.2 Å². The van der Waals surface area contributed by atoms with Crippen LogP contribution in [0.2, 0.25) is 0 Å². The van der Waals surface area contributed by atoms with Crippen LogP contribution in [0.4, 0.5) is 5.69 Å². The van der Waals surface area contributed by atoms with Gasteiger partial charge in [-0.2, -0.15) is 0 Å².